The first-order chi connectivity index (χ1) is 39.7. The Kier molecular flexibility index (Phi) is 8.50. The van der Waals surface area contributed by atoms with Gasteiger partial charge in [0.05, 0.1) is 26.9 Å². The van der Waals surface area contributed by atoms with Crippen LogP contribution in [0, 0.1) is 0 Å². The fourth-order valence-corrected chi connectivity index (χ4v) is 14.1. The van der Waals surface area contributed by atoms with Crippen LogP contribution in [0.4, 0.5) is 0 Å². The van der Waals surface area contributed by atoms with Crippen LogP contribution >= 0.6 is 11.3 Å². The highest BCUT2D eigenvalue weighted by atomic mass is 32.1. The van der Waals surface area contributed by atoms with Gasteiger partial charge in [0.25, 0.3) is 35.6 Å². The minimum absolute atomic E-state index is 0.732. The molecular formula is C66H50N10OS+4. The Labute approximate surface area is 454 Å². The number of aryl methyl sites for hydroxylation is 2. The summed E-state index contributed by atoms with van der Waals surface area (Å²) in [5.41, 5.74) is 23.4. The van der Waals surface area contributed by atoms with E-state index in [1.807, 2.05) is 70.6 Å². The van der Waals surface area contributed by atoms with Crippen molar-refractivity contribution in [1.29, 1.82) is 0 Å². The number of hydrogen-bond donors (Lipinski definition) is 0. The van der Waals surface area contributed by atoms with E-state index in [1.165, 1.54) is 92.6 Å². The van der Waals surface area contributed by atoms with E-state index in [-0.39, 0.29) is 0 Å². The summed E-state index contributed by atoms with van der Waals surface area (Å²) in [4.78, 5) is 1.32. The molecule has 4 aliphatic rings. The standard InChI is InChI=1S/2C17H14N3.C16H11N2O.C16H11N2S/c2*1-18-14-8-4-5-9-15(14)20-11-19-10-12-6-2-3-7-13(12)16(19)17(18)20;2*1-2-6-12-11(5-1)9-17-10-15-18(16(12)17)13-7-3-4-8-14(13)19-15/h2*2-9,11H,10H2,1H3;2*1-8,10H,9H2/q4*+1/i1D3;;;. The molecular weight excluding hydrogens is 981 g/mol. The van der Waals surface area contributed by atoms with Gasteiger partial charge in [-0.2, -0.15) is 17.6 Å². The van der Waals surface area contributed by atoms with Crippen LogP contribution in [0.15, 0.2) is 224 Å². The second-order valence-corrected chi connectivity index (χ2v) is 21.8. The molecule has 20 rings (SSSR count). The largest absolute Gasteiger partial charge is 0.416 e. The molecule has 11 nitrogen and oxygen atoms in total. The van der Waals surface area contributed by atoms with Gasteiger partial charge in [0.15, 0.2) is 33.8 Å². The lowest BCUT2D eigenvalue weighted by Crippen LogP contribution is -2.29. The normalized spacial score (nSPS) is 13.8. The Morgan fingerprint density at radius 3 is 1.46 bits per heavy atom. The molecule has 12 heteroatoms. The summed E-state index contributed by atoms with van der Waals surface area (Å²) in [6, 6.07) is 67.2. The Hall–Kier alpha value is -9.78. The summed E-state index contributed by atoms with van der Waals surface area (Å²) in [7, 11) is 2.15. The highest BCUT2D eigenvalue weighted by Gasteiger charge is 2.36. The van der Waals surface area contributed by atoms with E-state index in [9.17, 15) is 0 Å². The zero-order valence-electron chi connectivity index (χ0n) is 45.4. The van der Waals surface area contributed by atoms with E-state index in [0.29, 0.717) is 0 Å². The molecule has 8 aromatic heterocycles. The van der Waals surface area contributed by atoms with Crippen molar-refractivity contribution in [2.45, 2.75) is 26.2 Å². The molecule has 372 valence electrons. The number of para-hydroxylation sites is 7. The number of hydrogen-bond acceptors (Lipinski definition) is 2. The number of rotatable bonds is 0. The second kappa shape index (κ2) is 16.4. The molecule has 0 fully saturated rings. The summed E-state index contributed by atoms with van der Waals surface area (Å²) < 4.78 is 53.1. The fraction of sp³-hybridized carbons (Fsp3) is 0.0909. The quantitative estimate of drug-likeness (QED) is 0.140. The van der Waals surface area contributed by atoms with Gasteiger partial charge in [-0.25, -0.2) is 18.3 Å². The third-order valence-corrected chi connectivity index (χ3v) is 17.4. The predicted molar refractivity (Wildman–Crippen MR) is 307 cm³/mol. The third-order valence-electron chi connectivity index (χ3n) is 16.4. The molecule has 0 aliphatic carbocycles. The Morgan fingerprint density at radius 1 is 0.423 bits per heavy atom. The molecule has 4 aliphatic heterocycles. The summed E-state index contributed by atoms with van der Waals surface area (Å²) in [6.45, 7) is 1.45. The highest BCUT2D eigenvalue weighted by Crippen LogP contribution is 2.37. The van der Waals surface area contributed by atoms with Crippen LogP contribution in [0.25, 0.3) is 111 Å². The fourth-order valence-electron chi connectivity index (χ4n) is 13.0. The molecule has 0 spiro atoms. The number of aromatic nitrogens is 10. The second-order valence-electron chi connectivity index (χ2n) is 20.7. The third kappa shape index (κ3) is 6.14. The topological polar surface area (TPSA) is 56.2 Å². The van der Waals surface area contributed by atoms with Crippen molar-refractivity contribution >= 4 is 76.6 Å². The zero-order valence-corrected chi connectivity index (χ0v) is 43.2. The monoisotopic (exact) mass is 1030 g/mol. The van der Waals surface area contributed by atoms with E-state index >= 15 is 0 Å². The van der Waals surface area contributed by atoms with Gasteiger partial charge in [0.1, 0.15) is 32.4 Å². The SMILES string of the molecule is Cn1c2ccccc2n2c[n+]3c(c12)-c1ccccc1C3.[2H]C([2H])([2H])n1c2ccccc2n2c[n+]3c(c12)-c1ccccc1C3.c1ccc2c(c1)C[n+]1cc3oc4ccccc4n3c1-2.c1ccc2c(c1)C[n+]1cc3sc4ccccc4n3c1-2. The molecule has 12 heterocycles. The van der Waals surface area contributed by atoms with Crippen molar-refractivity contribution < 1.29 is 26.8 Å². The van der Waals surface area contributed by atoms with Gasteiger partial charge in [0.2, 0.25) is 16.2 Å². The first-order valence-electron chi connectivity index (χ1n) is 27.9. The van der Waals surface area contributed by atoms with Crippen molar-refractivity contribution in [1.82, 2.24) is 26.7 Å². The van der Waals surface area contributed by atoms with Crippen LogP contribution in [-0.2, 0) is 40.2 Å². The lowest BCUT2D eigenvalue weighted by atomic mass is 10.1. The number of fused-ring (bicyclic) bond motifs is 28. The molecule has 0 N–H and O–H groups in total. The number of thiazole rings is 1. The van der Waals surface area contributed by atoms with Crippen molar-refractivity contribution in [3.05, 3.63) is 241 Å². The van der Waals surface area contributed by atoms with Crippen LogP contribution in [-0.4, -0.2) is 26.7 Å². The predicted octanol–water partition coefficient (Wildman–Crippen LogP) is 12.0. The molecule has 8 aromatic carbocycles. The Balaban J connectivity index is 0.0000000863. The van der Waals surface area contributed by atoms with E-state index in [0.717, 1.165) is 70.9 Å². The maximum Gasteiger partial charge on any atom is 0.336 e. The lowest BCUT2D eigenvalue weighted by Gasteiger charge is -1.95. The van der Waals surface area contributed by atoms with E-state index in [2.05, 4.69) is 207 Å². The molecule has 78 heavy (non-hydrogen) atoms. The Morgan fingerprint density at radius 2 is 0.859 bits per heavy atom. The summed E-state index contributed by atoms with van der Waals surface area (Å²) >= 11 is 1.86. The molecule has 0 bridgehead atoms. The van der Waals surface area contributed by atoms with Crippen molar-refractivity contribution in [3.8, 4) is 45.3 Å². The van der Waals surface area contributed by atoms with Crippen molar-refractivity contribution in [3.63, 3.8) is 0 Å². The minimum atomic E-state index is -2.23. The van der Waals surface area contributed by atoms with Crippen LogP contribution in [0.2, 0.25) is 0 Å². The van der Waals surface area contributed by atoms with Gasteiger partial charge in [0, 0.05) is 51.5 Å². The van der Waals surface area contributed by atoms with Crippen LogP contribution in [0.5, 0.6) is 0 Å². The van der Waals surface area contributed by atoms with Gasteiger partial charge in [-0.05, 0) is 60.7 Å². The van der Waals surface area contributed by atoms with Crippen LogP contribution in [0.3, 0.4) is 0 Å². The van der Waals surface area contributed by atoms with Gasteiger partial charge in [-0.15, -0.1) is 0 Å². The molecule has 0 saturated heterocycles. The van der Waals surface area contributed by atoms with E-state index in [1.54, 1.807) is 0 Å². The van der Waals surface area contributed by atoms with Crippen molar-refractivity contribution in [2.75, 3.05) is 0 Å². The van der Waals surface area contributed by atoms with Gasteiger partial charge >= 0.3 is 5.71 Å². The van der Waals surface area contributed by atoms with Gasteiger partial charge < -0.3 is 13.6 Å². The minimum Gasteiger partial charge on any atom is -0.416 e. The molecule has 0 amide bonds. The van der Waals surface area contributed by atoms with Crippen LogP contribution in [0.1, 0.15) is 26.4 Å². The number of oxazole rings is 1. The van der Waals surface area contributed by atoms with E-state index < -0.39 is 6.98 Å². The smallest absolute Gasteiger partial charge is 0.336 e. The summed E-state index contributed by atoms with van der Waals surface area (Å²) in [5.74, 6) is 2.54. The number of benzene rings is 8. The molecule has 0 saturated carbocycles. The molecule has 0 unspecified atom stereocenters. The first kappa shape index (κ1) is 40.5. The average Bonchev–Trinajstić information content (AvgIpc) is 4.48. The van der Waals surface area contributed by atoms with Crippen molar-refractivity contribution in [2.24, 2.45) is 14.0 Å². The summed E-state index contributed by atoms with van der Waals surface area (Å²) in [5, 5.41) is 0. The van der Waals surface area contributed by atoms with E-state index in [4.69, 9.17) is 8.53 Å². The van der Waals surface area contributed by atoms with Gasteiger partial charge in [-0.1, -0.05) is 145 Å². The highest BCUT2D eigenvalue weighted by molar-refractivity contribution is 7.23. The Bertz CT molecular complexity index is 5130. The maximum absolute atomic E-state index is 8.01. The molecule has 0 radical (unpaired) electrons. The first-order valence-corrected chi connectivity index (χ1v) is 27.3. The lowest BCUT2D eigenvalue weighted by molar-refractivity contribution is -0.671. The zero-order chi connectivity index (χ0) is 53.8. The summed E-state index contributed by atoms with van der Waals surface area (Å²) in [6.07, 6.45) is 8.61. The number of nitrogens with zero attached hydrogens (tertiary/aromatic N) is 10. The maximum atomic E-state index is 8.01. The molecule has 0 atom stereocenters. The number of imidazole rings is 6. The van der Waals surface area contributed by atoms with Gasteiger partial charge in [-0.3, -0.25) is 0 Å². The average molecular weight is 1030 g/mol. The molecule has 16 aromatic rings. The van der Waals surface area contributed by atoms with Crippen LogP contribution < -0.4 is 18.3 Å².